The summed E-state index contributed by atoms with van der Waals surface area (Å²) in [6.45, 7) is 0.495. The number of hydrogen-bond acceptors (Lipinski definition) is 9. The van der Waals surface area contributed by atoms with Crippen LogP contribution >= 0.6 is 22.6 Å². The number of amides is 1. The SMILES string of the molecule is CNC(=O)[C@H]1O[C@@H](n2cnc3c(NCc4ccc(N)c([125I])c4)ncnc32)[C@H](O)[C@@H]1O. The van der Waals surface area contributed by atoms with Gasteiger partial charge in [0.25, 0.3) is 5.91 Å². The van der Waals surface area contributed by atoms with Gasteiger partial charge in [0.2, 0.25) is 0 Å². The summed E-state index contributed by atoms with van der Waals surface area (Å²) in [6.07, 6.45) is -2.12. The Labute approximate surface area is 184 Å². The summed E-state index contributed by atoms with van der Waals surface area (Å²) >= 11 is 2.18. The number of imidazole rings is 1. The highest BCUT2D eigenvalue weighted by Gasteiger charge is 2.47. The van der Waals surface area contributed by atoms with E-state index in [1.165, 1.54) is 24.3 Å². The molecule has 4 rings (SSSR count). The van der Waals surface area contributed by atoms with E-state index in [4.69, 9.17) is 10.5 Å². The van der Waals surface area contributed by atoms with E-state index < -0.39 is 30.4 Å². The van der Waals surface area contributed by atoms with Gasteiger partial charge < -0.3 is 31.3 Å². The van der Waals surface area contributed by atoms with Crippen LogP contribution in [0.2, 0.25) is 0 Å². The smallest absolute Gasteiger partial charge is 0.251 e. The summed E-state index contributed by atoms with van der Waals surface area (Å²) in [5.74, 6) is -0.0231. The van der Waals surface area contributed by atoms with Crippen molar-refractivity contribution >= 4 is 51.2 Å². The van der Waals surface area contributed by atoms with Gasteiger partial charge in [-0.05, 0) is 40.3 Å². The predicted octanol–water partition coefficient (Wildman–Crippen LogP) is -0.00960. The van der Waals surface area contributed by atoms with E-state index >= 15 is 0 Å². The summed E-state index contributed by atoms with van der Waals surface area (Å²) in [4.78, 5) is 24.7. The number of nitrogens with one attached hydrogen (secondary N) is 2. The number of fused-ring (bicyclic) bond motifs is 1. The largest absolute Gasteiger partial charge is 0.398 e. The number of benzene rings is 1. The third-order valence-corrected chi connectivity index (χ3v) is 5.84. The number of nitrogens with zero attached hydrogens (tertiary/aromatic N) is 4. The van der Waals surface area contributed by atoms with E-state index in [0.29, 0.717) is 23.5 Å². The molecule has 2 aromatic heterocycles. The lowest BCUT2D eigenvalue weighted by Gasteiger charge is -2.16. The van der Waals surface area contributed by atoms with Crippen molar-refractivity contribution < 1.29 is 19.7 Å². The first-order chi connectivity index (χ1) is 14.4. The van der Waals surface area contributed by atoms with E-state index in [0.717, 1.165) is 14.8 Å². The maximum Gasteiger partial charge on any atom is 0.251 e. The number of aromatic nitrogens is 4. The van der Waals surface area contributed by atoms with Crippen LogP contribution < -0.4 is 16.4 Å². The number of nitrogen functional groups attached to an aromatic ring is 1. The minimum Gasteiger partial charge on any atom is -0.398 e. The number of carbonyl (C=O) groups is 1. The van der Waals surface area contributed by atoms with Crippen molar-refractivity contribution in [3.63, 3.8) is 0 Å². The lowest BCUT2D eigenvalue weighted by molar-refractivity contribution is -0.137. The molecule has 0 radical (unpaired) electrons. The number of carbonyl (C=O) groups excluding carboxylic acids is 1. The van der Waals surface area contributed by atoms with Crippen molar-refractivity contribution in [3.05, 3.63) is 40.0 Å². The van der Waals surface area contributed by atoms with Gasteiger partial charge >= 0.3 is 0 Å². The van der Waals surface area contributed by atoms with Crippen molar-refractivity contribution in [1.29, 1.82) is 0 Å². The fourth-order valence-electron chi connectivity index (χ4n) is 3.28. The van der Waals surface area contributed by atoms with Crippen molar-refractivity contribution in [1.82, 2.24) is 24.8 Å². The van der Waals surface area contributed by atoms with Gasteiger partial charge in [-0.15, -0.1) is 0 Å². The minimum absolute atomic E-state index is 0.396. The Kier molecular flexibility index (Phi) is 5.73. The molecule has 3 aromatic rings. The van der Waals surface area contributed by atoms with Gasteiger partial charge in [0.15, 0.2) is 29.3 Å². The van der Waals surface area contributed by atoms with Crippen LogP contribution in [-0.2, 0) is 16.1 Å². The third-order valence-electron chi connectivity index (χ3n) is 4.90. The molecule has 0 unspecified atom stereocenters. The average molecular weight is 523 g/mol. The molecule has 158 valence electrons. The second-order valence-corrected chi connectivity index (χ2v) is 7.96. The zero-order valence-electron chi connectivity index (χ0n) is 15.9. The standard InChI is InChI=1S/C18H20IN7O4/c1-21-17(29)14-12(27)13(28)18(30-14)26-7-25-11-15(23-6-24-16(11)26)22-5-8-2-3-10(20)9(19)4-8/h2-4,6-7,12-14,18,27-28H,5,20H2,1H3,(H,21,29)(H,22,23,24)/t12-,13+,14-,18+/m0/s1/i19-2. The number of anilines is 2. The van der Waals surface area contributed by atoms with Crippen LogP contribution in [0.15, 0.2) is 30.9 Å². The van der Waals surface area contributed by atoms with Gasteiger partial charge in [-0.1, -0.05) is 6.07 Å². The molecule has 30 heavy (non-hydrogen) atoms. The number of rotatable bonds is 5. The van der Waals surface area contributed by atoms with Gasteiger partial charge in [-0.25, -0.2) is 15.0 Å². The van der Waals surface area contributed by atoms with Gasteiger partial charge in [-0.2, -0.15) is 0 Å². The molecule has 1 aliphatic heterocycles. The number of nitrogens with two attached hydrogens (primary N) is 1. The predicted molar refractivity (Wildman–Crippen MR) is 116 cm³/mol. The molecule has 4 atom stereocenters. The van der Waals surface area contributed by atoms with Gasteiger partial charge in [0, 0.05) is 22.8 Å². The summed E-state index contributed by atoms with van der Waals surface area (Å²) < 4.78 is 8.04. The van der Waals surface area contributed by atoms with E-state index in [1.54, 1.807) is 0 Å². The van der Waals surface area contributed by atoms with Gasteiger partial charge in [0.1, 0.15) is 18.5 Å². The van der Waals surface area contributed by atoms with Crippen molar-refractivity contribution in [2.75, 3.05) is 18.1 Å². The minimum atomic E-state index is -1.38. The Balaban J connectivity index is 1.59. The molecule has 12 heteroatoms. The molecule has 0 spiro atoms. The Morgan fingerprint density at radius 3 is 2.83 bits per heavy atom. The van der Waals surface area contributed by atoms with Crippen LogP contribution in [0.4, 0.5) is 11.5 Å². The average Bonchev–Trinajstić information content (AvgIpc) is 3.30. The zero-order valence-corrected chi connectivity index (χ0v) is 18.0. The van der Waals surface area contributed by atoms with Gasteiger partial charge in [0.05, 0.1) is 6.33 Å². The number of likely N-dealkylation sites (N-methyl/N-ethyl adjacent to an activating group) is 1. The highest BCUT2D eigenvalue weighted by Crippen LogP contribution is 2.32. The Hall–Kier alpha value is -2.55. The van der Waals surface area contributed by atoms with Crippen LogP contribution in [0.5, 0.6) is 0 Å². The van der Waals surface area contributed by atoms with E-state index in [9.17, 15) is 15.0 Å². The maximum absolute atomic E-state index is 11.9. The summed E-state index contributed by atoms with van der Waals surface area (Å²) in [5, 5.41) is 26.2. The van der Waals surface area contributed by atoms with E-state index in [2.05, 4.69) is 48.2 Å². The molecular weight excluding hydrogens is 503 g/mol. The molecule has 1 saturated heterocycles. The molecule has 6 N–H and O–H groups in total. The van der Waals surface area contributed by atoms with Crippen molar-refractivity contribution in [3.8, 4) is 0 Å². The monoisotopic (exact) mass is 523 g/mol. The molecule has 1 aromatic carbocycles. The zero-order chi connectivity index (χ0) is 21.4. The van der Waals surface area contributed by atoms with Crippen LogP contribution in [0.3, 0.4) is 0 Å². The molecule has 1 amide bonds. The molecule has 3 heterocycles. The fourth-order valence-corrected chi connectivity index (χ4v) is 3.86. The third kappa shape index (κ3) is 3.66. The first kappa shape index (κ1) is 20.7. The number of ether oxygens (including phenoxy) is 1. The van der Waals surface area contributed by atoms with E-state index in [1.807, 2.05) is 18.2 Å². The van der Waals surface area contributed by atoms with Crippen molar-refractivity contribution in [2.45, 2.75) is 31.1 Å². The Bertz CT molecular complexity index is 1090. The lowest BCUT2D eigenvalue weighted by atomic mass is 10.1. The molecule has 11 nitrogen and oxygen atoms in total. The maximum atomic E-state index is 11.9. The summed E-state index contributed by atoms with van der Waals surface area (Å²) in [7, 11) is 1.43. The van der Waals surface area contributed by atoms with Crippen LogP contribution in [0, 0.1) is 3.57 Å². The second kappa shape index (κ2) is 8.29. The van der Waals surface area contributed by atoms with Crippen LogP contribution in [0.25, 0.3) is 11.2 Å². The lowest BCUT2D eigenvalue weighted by Crippen LogP contribution is -2.41. The van der Waals surface area contributed by atoms with E-state index in [-0.39, 0.29) is 0 Å². The van der Waals surface area contributed by atoms with Crippen LogP contribution in [0.1, 0.15) is 11.8 Å². The van der Waals surface area contributed by atoms with Crippen molar-refractivity contribution in [2.24, 2.45) is 0 Å². The second-order valence-electron chi connectivity index (χ2n) is 6.80. The normalized spacial score (nSPS) is 23.6. The highest BCUT2D eigenvalue weighted by molar-refractivity contribution is 14.1. The first-order valence-electron chi connectivity index (χ1n) is 9.09. The molecule has 0 bridgehead atoms. The molecule has 1 aliphatic rings. The summed E-state index contributed by atoms with van der Waals surface area (Å²) in [5.41, 5.74) is 8.46. The Morgan fingerprint density at radius 1 is 1.30 bits per heavy atom. The number of aliphatic hydroxyl groups is 2. The number of halogens is 1. The molecule has 1 fully saturated rings. The first-order valence-corrected chi connectivity index (χ1v) is 10.2. The molecule has 0 saturated carbocycles. The molecule has 0 aliphatic carbocycles. The number of hydrogen-bond donors (Lipinski definition) is 5. The van der Waals surface area contributed by atoms with Gasteiger partial charge in [-0.3, -0.25) is 9.36 Å². The highest BCUT2D eigenvalue weighted by atomic mass is 125. The Morgan fingerprint density at radius 2 is 2.10 bits per heavy atom. The topological polar surface area (TPSA) is 160 Å². The number of aliphatic hydroxyl groups excluding tert-OH is 2. The molecular formula is C18H20IN7O4. The van der Waals surface area contributed by atoms with Crippen LogP contribution in [-0.4, -0.2) is 61.0 Å². The quantitative estimate of drug-likeness (QED) is 0.229. The summed E-state index contributed by atoms with van der Waals surface area (Å²) in [6, 6.07) is 5.74. The fraction of sp³-hybridized carbons (Fsp3) is 0.333.